The first kappa shape index (κ1) is 16.1. The molecule has 2 aromatic rings. The Morgan fingerprint density at radius 2 is 1.96 bits per heavy atom. The Kier molecular flexibility index (Phi) is 4.38. The van der Waals surface area contributed by atoms with E-state index in [2.05, 4.69) is 17.0 Å². The molecule has 1 saturated carbocycles. The molecule has 1 aromatic heterocycles. The molecule has 132 valence electrons. The molecule has 0 spiro atoms. The zero-order valence-electron chi connectivity index (χ0n) is 14.6. The van der Waals surface area contributed by atoms with Crippen LogP contribution in [0.15, 0.2) is 47.1 Å². The van der Waals surface area contributed by atoms with Crippen molar-refractivity contribution in [2.24, 2.45) is 5.92 Å². The summed E-state index contributed by atoms with van der Waals surface area (Å²) in [7, 11) is 1.68. The predicted molar refractivity (Wildman–Crippen MR) is 96.0 cm³/mol. The molecule has 1 aliphatic carbocycles. The third-order valence-corrected chi connectivity index (χ3v) is 5.26. The molecular formula is C20H24N2O3. The minimum Gasteiger partial charge on any atom is -0.497 e. The van der Waals surface area contributed by atoms with Gasteiger partial charge >= 0.3 is 0 Å². The Labute approximate surface area is 148 Å². The van der Waals surface area contributed by atoms with Gasteiger partial charge in [-0.25, -0.2) is 0 Å². The lowest BCUT2D eigenvalue weighted by Gasteiger charge is -2.24. The second kappa shape index (κ2) is 6.82. The minimum atomic E-state index is 0.110. The van der Waals surface area contributed by atoms with Gasteiger partial charge in [-0.2, -0.15) is 0 Å². The Balaban J connectivity index is 1.35. The summed E-state index contributed by atoms with van der Waals surface area (Å²) in [5.41, 5.74) is 1.19. The van der Waals surface area contributed by atoms with Crippen molar-refractivity contribution in [3.63, 3.8) is 0 Å². The van der Waals surface area contributed by atoms with Crippen LogP contribution in [0.4, 0.5) is 5.69 Å². The standard InChI is InChI=1S/C20H24N2O3/c1-24-16-7-5-15(6-8-16)21-9-3-10-22(12-11-21)20(23)18-14-17(18)19-4-2-13-25-19/h2,4-8,13,17-18H,3,9-12,14H2,1H3. The lowest BCUT2D eigenvalue weighted by molar-refractivity contribution is -0.132. The largest absolute Gasteiger partial charge is 0.497 e. The monoisotopic (exact) mass is 340 g/mol. The molecule has 2 unspecified atom stereocenters. The van der Waals surface area contributed by atoms with Crippen LogP contribution in [-0.2, 0) is 4.79 Å². The minimum absolute atomic E-state index is 0.110. The zero-order chi connectivity index (χ0) is 17.2. The van der Waals surface area contributed by atoms with Crippen LogP contribution in [0.2, 0.25) is 0 Å². The average molecular weight is 340 g/mol. The van der Waals surface area contributed by atoms with Crippen molar-refractivity contribution < 1.29 is 13.9 Å². The van der Waals surface area contributed by atoms with Crippen LogP contribution in [-0.4, -0.2) is 44.1 Å². The molecule has 4 rings (SSSR count). The van der Waals surface area contributed by atoms with Crippen LogP contribution in [0.25, 0.3) is 0 Å². The Morgan fingerprint density at radius 1 is 1.12 bits per heavy atom. The third-order valence-electron chi connectivity index (χ3n) is 5.26. The molecule has 1 saturated heterocycles. The van der Waals surface area contributed by atoms with Crippen molar-refractivity contribution >= 4 is 11.6 Å². The molecular weight excluding hydrogens is 316 g/mol. The number of carbonyl (C=O) groups excluding carboxylic acids is 1. The summed E-state index contributed by atoms with van der Waals surface area (Å²) in [6, 6.07) is 12.0. The van der Waals surface area contributed by atoms with Crippen LogP contribution in [0.3, 0.4) is 0 Å². The number of hydrogen-bond acceptors (Lipinski definition) is 4. The van der Waals surface area contributed by atoms with Gasteiger partial charge in [0.15, 0.2) is 0 Å². The summed E-state index contributed by atoms with van der Waals surface area (Å²) >= 11 is 0. The molecule has 2 heterocycles. The summed E-state index contributed by atoms with van der Waals surface area (Å²) in [6.45, 7) is 3.47. The zero-order valence-corrected chi connectivity index (χ0v) is 14.6. The Morgan fingerprint density at radius 3 is 2.68 bits per heavy atom. The highest BCUT2D eigenvalue weighted by Crippen LogP contribution is 2.48. The smallest absolute Gasteiger partial charge is 0.226 e. The van der Waals surface area contributed by atoms with Crippen molar-refractivity contribution in [1.82, 2.24) is 4.90 Å². The van der Waals surface area contributed by atoms with Crippen molar-refractivity contribution in [1.29, 1.82) is 0 Å². The van der Waals surface area contributed by atoms with Crippen LogP contribution in [0.5, 0.6) is 5.75 Å². The number of amides is 1. The van der Waals surface area contributed by atoms with Gasteiger partial charge in [-0.3, -0.25) is 4.79 Å². The third kappa shape index (κ3) is 3.36. The Hall–Kier alpha value is -2.43. The topological polar surface area (TPSA) is 45.9 Å². The highest BCUT2D eigenvalue weighted by molar-refractivity contribution is 5.83. The van der Waals surface area contributed by atoms with Gasteiger partial charge in [-0.15, -0.1) is 0 Å². The van der Waals surface area contributed by atoms with E-state index in [9.17, 15) is 4.79 Å². The van der Waals surface area contributed by atoms with Gasteiger partial charge in [0.2, 0.25) is 5.91 Å². The average Bonchev–Trinajstić information content (AvgIpc) is 3.35. The summed E-state index contributed by atoms with van der Waals surface area (Å²) in [4.78, 5) is 17.2. The number of carbonyl (C=O) groups is 1. The number of rotatable bonds is 4. The fourth-order valence-electron chi connectivity index (χ4n) is 3.71. The first-order valence-corrected chi connectivity index (χ1v) is 8.97. The van der Waals surface area contributed by atoms with E-state index in [-0.39, 0.29) is 17.7 Å². The van der Waals surface area contributed by atoms with Crippen molar-refractivity contribution in [3.05, 3.63) is 48.4 Å². The van der Waals surface area contributed by atoms with Gasteiger partial charge in [-0.1, -0.05) is 0 Å². The molecule has 1 aliphatic heterocycles. The maximum Gasteiger partial charge on any atom is 0.226 e. The lowest BCUT2D eigenvalue weighted by Crippen LogP contribution is -2.36. The molecule has 1 amide bonds. The predicted octanol–water partition coefficient (Wildman–Crippen LogP) is 3.13. The van der Waals surface area contributed by atoms with E-state index in [4.69, 9.17) is 9.15 Å². The molecule has 5 heteroatoms. The van der Waals surface area contributed by atoms with Crippen LogP contribution < -0.4 is 9.64 Å². The molecule has 2 atom stereocenters. The molecule has 5 nitrogen and oxygen atoms in total. The van der Waals surface area contributed by atoms with Gasteiger partial charge in [-0.05, 0) is 49.2 Å². The van der Waals surface area contributed by atoms with Crippen LogP contribution >= 0.6 is 0 Å². The maximum atomic E-state index is 12.8. The number of hydrogen-bond donors (Lipinski definition) is 0. The lowest BCUT2D eigenvalue weighted by atomic mass is 10.2. The van der Waals surface area contributed by atoms with Gasteiger partial charge < -0.3 is 19.0 Å². The first-order chi connectivity index (χ1) is 12.3. The number of methoxy groups -OCH3 is 1. The number of furan rings is 1. The van der Waals surface area contributed by atoms with Gasteiger partial charge in [0.05, 0.1) is 13.4 Å². The van der Waals surface area contributed by atoms with Gasteiger partial charge in [0.25, 0.3) is 0 Å². The number of benzene rings is 1. The molecule has 25 heavy (non-hydrogen) atoms. The Bertz CT molecular complexity index is 711. The maximum absolute atomic E-state index is 12.8. The highest BCUT2D eigenvalue weighted by atomic mass is 16.5. The molecule has 0 N–H and O–H groups in total. The summed E-state index contributed by atoms with van der Waals surface area (Å²) < 4.78 is 10.7. The van der Waals surface area contributed by atoms with Crippen LogP contribution in [0.1, 0.15) is 24.5 Å². The highest BCUT2D eigenvalue weighted by Gasteiger charge is 2.47. The SMILES string of the molecule is COc1ccc(N2CCCN(C(=O)C3CC3c3ccco3)CC2)cc1. The van der Waals surface area contributed by atoms with Crippen LogP contribution in [0, 0.1) is 5.92 Å². The van der Waals surface area contributed by atoms with Gasteiger partial charge in [0.1, 0.15) is 11.5 Å². The quantitative estimate of drug-likeness (QED) is 0.858. The van der Waals surface area contributed by atoms with E-state index in [0.29, 0.717) is 0 Å². The van der Waals surface area contributed by atoms with Crippen molar-refractivity contribution in [2.75, 3.05) is 38.2 Å². The first-order valence-electron chi connectivity index (χ1n) is 8.97. The fourth-order valence-corrected chi connectivity index (χ4v) is 3.71. The molecule has 0 bridgehead atoms. The van der Waals surface area contributed by atoms with E-state index < -0.39 is 0 Å². The summed E-state index contributed by atoms with van der Waals surface area (Å²) in [6.07, 6.45) is 3.61. The molecule has 0 radical (unpaired) electrons. The molecule has 2 fully saturated rings. The second-order valence-electron chi connectivity index (χ2n) is 6.83. The van der Waals surface area contributed by atoms with Crippen molar-refractivity contribution in [2.45, 2.75) is 18.8 Å². The van der Waals surface area contributed by atoms with E-state index in [1.807, 2.05) is 29.2 Å². The number of nitrogens with zero attached hydrogens (tertiary/aromatic N) is 2. The van der Waals surface area contributed by atoms with E-state index in [1.165, 1.54) is 5.69 Å². The van der Waals surface area contributed by atoms with Gasteiger partial charge in [0, 0.05) is 43.7 Å². The second-order valence-corrected chi connectivity index (χ2v) is 6.83. The van der Waals surface area contributed by atoms with E-state index >= 15 is 0 Å². The van der Waals surface area contributed by atoms with Crippen molar-refractivity contribution in [3.8, 4) is 5.75 Å². The number of ether oxygens (including phenoxy) is 1. The summed E-state index contributed by atoms with van der Waals surface area (Å²) in [5, 5.41) is 0. The van der Waals surface area contributed by atoms with E-state index in [0.717, 1.165) is 50.5 Å². The number of anilines is 1. The van der Waals surface area contributed by atoms with E-state index in [1.54, 1.807) is 13.4 Å². The summed E-state index contributed by atoms with van der Waals surface area (Å²) in [5.74, 6) is 2.50. The molecule has 1 aromatic carbocycles. The fraction of sp³-hybridized carbons (Fsp3) is 0.450. The normalized spacial score (nSPS) is 23.2. The molecule has 2 aliphatic rings.